The van der Waals surface area contributed by atoms with Crippen LogP contribution in [0.4, 0.5) is 0 Å². The second-order valence-electron chi connectivity index (χ2n) is 1.63. The molecular weight excluding hydrogens is 86.1 g/mol. The Balaban J connectivity index is 3.08. The quantitative estimate of drug-likeness (QED) is 0.469. The lowest BCUT2D eigenvalue weighted by atomic mass is 10.3. The molecule has 1 unspecified atom stereocenters. The van der Waals surface area contributed by atoms with E-state index in [1.165, 1.54) is 0 Å². The third-order valence-electron chi connectivity index (χ3n) is 0.660. The minimum atomic E-state index is -0.0278. The van der Waals surface area contributed by atoms with E-state index in [0.717, 1.165) is 6.42 Å². The number of allylic oxidation sites excluding steroid dienone is 1. The zero-order chi connectivity index (χ0) is 5.70. The fourth-order valence-electron chi connectivity index (χ4n) is 0.340. The summed E-state index contributed by atoms with van der Waals surface area (Å²) in [5, 5.41) is 0. The second-order valence-corrected chi connectivity index (χ2v) is 1.63. The molecule has 1 N–H and O–H groups in total. The van der Waals surface area contributed by atoms with Gasteiger partial charge in [-0.15, -0.1) is 0 Å². The SMILES string of the molecule is CC/C=C/C(C)[NH]. The maximum Gasteiger partial charge on any atom is 0.0364 e. The number of hydrogen-bond acceptors (Lipinski definition) is 0. The first-order valence-corrected chi connectivity index (χ1v) is 2.65. The average molecular weight is 98.2 g/mol. The van der Waals surface area contributed by atoms with E-state index in [0.29, 0.717) is 0 Å². The molecule has 1 heteroatoms. The highest BCUT2D eigenvalue weighted by Gasteiger charge is 1.79. The van der Waals surface area contributed by atoms with Gasteiger partial charge in [0.2, 0.25) is 0 Å². The van der Waals surface area contributed by atoms with E-state index in [1.54, 1.807) is 0 Å². The van der Waals surface area contributed by atoms with Crippen molar-refractivity contribution in [2.45, 2.75) is 26.3 Å². The molecule has 0 amide bonds. The molecular formula is C6H12N. The predicted octanol–water partition coefficient (Wildman–Crippen LogP) is 1.62. The lowest BCUT2D eigenvalue weighted by Gasteiger charge is -1.88. The molecule has 1 atom stereocenters. The fourth-order valence-corrected chi connectivity index (χ4v) is 0.340. The molecule has 0 aliphatic rings. The van der Waals surface area contributed by atoms with Crippen molar-refractivity contribution in [3.05, 3.63) is 12.2 Å². The van der Waals surface area contributed by atoms with E-state index in [-0.39, 0.29) is 6.04 Å². The summed E-state index contributed by atoms with van der Waals surface area (Å²) in [7, 11) is 0. The lowest BCUT2D eigenvalue weighted by molar-refractivity contribution is 0.884. The first-order chi connectivity index (χ1) is 3.27. The monoisotopic (exact) mass is 98.1 g/mol. The van der Waals surface area contributed by atoms with Crippen LogP contribution in [0.3, 0.4) is 0 Å². The number of rotatable bonds is 2. The van der Waals surface area contributed by atoms with Crippen molar-refractivity contribution in [2.75, 3.05) is 0 Å². The van der Waals surface area contributed by atoms with Gasteiger partial charge in [0.1, 0.15) is 0 Å². The van der Waals surface area contributed by atoms with Crippen molar-refractivity contribution in [3.63, 3.8) is 0 Å². The maximum absolute atomic E-state index is 6.99. The Labute approximate surface area is 45.2 Å². The van der Waals surface area contributed by atoms with Gasteiger partial charge in [-0.3, -0.25) is 5.73 Å². The molecule has 0 aliphatic carbocycles. The Morgan fingerprint density at radius 1 is 1.71 bits per heavy atom. The summed E-state index contributed by atoms with van der Waals surface area (Å²) in [6.45, 7) is 3.92. The number of nitrogens with one attached hydrogen (secondary N) is 1. The van der Waals surface area contributed by atoms with Crippen molar-refractivity contribution < 1.29 is 0 Å². The smallest absolute Gasteiger partial charge is 0.0364 e. The van der Waals surface area contributed by atoms with Gasteiger partial charge < -0.3 is 0 Å². The lowest BCUT2D eigenvalue weighted by Crippen LogP contribution is -1.94. The Kier molecular flexibility index (Phi) is 3.71. The minimum Gasteiger partial charge on any atom is -0.251 e. The van der Waals surface area contributed by atoms with E-state index in [4.69, 9.17) is 5.73 Å². The van der Waals surface area contributed by atoms with Crippen LogP contribution in [0, 0.1) is 0 Å². The zero-order valence-corrected chi connectivity index (χ0v) is 4.94. The fraction of sp³-hybridized carbons (Fsp3) is 0.667. The standard InChI is InChI=1S/C6H12N/c1-3-4-5-6(2)7/h4-7H,3H2,1-2H3/b5-4+. The van der Waals surface area contributed by atoms with Crippen LogP contribution in [-0.2, 0) is 0 Å². The molecule has 0 spiro atoms. The van der Waals surface area contributed by atoms with Crippen LogP contribution in [0.1, 0.15) is 20.3 Å². The molecule has 0 aromatic heterocycles. The van der Waals surface area contributed by atoms with E-state index in [1.807, 2.05) is 19.1 Å². The molecule has 0 bridgehead atoms. The summed E-state index contributed by atoms with van der Waals surface area (Å²) in [6.07, 6.45) is 4.95. The molecule has 0 aliphatic heterocycles. The van der Waals surface area contributed by atoms with Crippen LogP contribution in [0.2, 0.25) is 0 Å². The largest absolute Gasteiger partial charge is 0.251 e. The third kappa shape index (κ3) is 5.70. The molecule has 0 rings (SSSR count). The molecule has 0 saturated heterocycles. The van der Waals surface area contributed by atoms with Crippen molar-refractivity contribution in [1.82, 2.24) is 5.73 Å². The van der Waals surface area contributed by atoms with Gasteiger partial charge in [-0.2, -0.15) is 0 Å². The van der Waals surface area contributed by atoms with Gasteiger partial charge in [0.05, 0.1) is 0 Å². The van der Waals surface area contributed by atoms with Crippen LogP contribution in [0.15, 0.2) is 12.2 Å². The Bertz CT molecular complexity index is 55.2. The first kappa shape index (κ1) is 6.70. The summed E-state index contributed by atoms with van der Waals surface area (Å²) < 4.78 is 0. The van der Waals surface area contributed by atoms with Gasteiger partial charge in [0, 0.05) is 6.04 Å². The molecule has 0 aromatic carbocycles. The normalized spacial score (nSPS) is 15.3. The average Bonchev–Trinajstić information content (AvgIpc) is 1.61. The molecule has 7 heavy (non-hydrogen) atoms. The topological polar surface area (TPSA) is 23.8 Å². The van der Waals surface area contributed by atoms with Crippen molar-refractivity contribution in [1.29, 1.82) is 0 Å². The molecule has 1 nitrogen and oxygen atoms in total. The first-order valence-electron chi connectivity index (χ1n) is 2.65. The summed E-state index contributed by atoms with van der Waals surface area (Å²) in [6, 6.07) is -0.0278. The van der Waals surface area contributed by atoms with Crippen molar-refractivity contribution in [2.24, 2.45) is 0 Å². The van der Waals surface area contributed by atoms with Crippen molar-refractivity contribution in [3.8, 4) is 0 Å². The summed E-state index contributed by atoms with van der Waals surface area (Å²) in [5.74, 6) is 0. The molecule has 0 aromatic rings. The van der Waals surface area contributed by atoms with Crippen LogP contribution in [0.25, 0.3) is 0 Å². The summed E-state index contributed by atoms with van der Waals surface area (Å²) >= 11 is 0. The van der Waals surface area contributed by atoms with Crippen LogP contribution >= 0.6 is 0 Å². The second kappa shape index (κ2) is 3.88. The van der Waals surface area contributed by atoms with Gasteiger partial charge >= 0.3 is 0 Å². The molecule has 0 heterocycles. The Morgan fingerprint density at radius 2 is 2.29 bits per heavy atom. The van der Waals surface area contributed by atoms with E-state index in [2.05, 4.69) is 6.92 Å². The highest BCUT2D eigenvalue weighted by molar-refractivity contribution is 4.86. The summed E-state index contributed by atoms with van der Waals surface area (Å²) in [5.41, 5.74) is 6.99. The Hall–Kier alpha value is -0.300. The van der Waals surface area contributed by atoms with E-state index < -0.39 is 0 Å². The predicted molar refractivity (Wildman–Crippen MR) is 32.0 cm³/mol. The van der Waals surface area contributed by atoms with Crippen molar-refractivity contribution >= 4 is 0 Å². The molecule has 0 fully saturated rings. The zero-order valence-electron chi connectivity index (χ0n) is 4.94. The van der Waals surface area contributed by atoms with Crippen LogP contribution < -0.4 is 5.73 Å². The maximum atomic E-state index is 6.99. The van der Waals surface area contributed by atoms with Gasteiger partial charge in [-0.1, -0.05) is 19.1 Å². The van der Waals surface area contributed by atoms with Gasteiger partial charge in [-0.25, -0.2) is 0 Å². The molecule has 41 valence electrons. The Morgan fingerprint density at radius 3 is 2.43 bits per heavy atom. The van der Waals surface area contributed by atoms with Gasteiger partial charge in [-0.05, 0) is 13.3 Å². The minimum absolute atomic E-state index is 0.0278. The van der Waals surface area contributed by atoms with Crippen LogP contribution in [-0.4, -0.2) is 6.04 Å². The van der Waals surface area contributed by atoms with E-state index in [9.17, 15) is 0 Å². The number of hydrogen-bond donors (Lipinski definition) is 0. The van der Waals surface area contributed by atoms with Crippen LogP contribution in [0.5, 0.6) is 0 Å². The molecule has 0 saturated carbocycles. The highest BCUT2D eigenvalue weighted by atomic mass is 14.6. The highest BCUT2D eigenvalue weighted by Crippen LogP contribution is 1.83. The van der Waals surface area contributed by atoms with Gasteiger partial charge in [0.25, 0.3) is 0 Å². The third-order valence-corrected chi connectivity index (χ3v) is 0.660. The van der Waals surface area contributed by atoms with E-state index >= 15 is 0 Å². The summed E-state index contributed by atoms with van der Waals surface area (Å²) in [4.78, 5) is 0. The van der Waals surface area contributed by atoms with Gasteiger partial charge in [0.15, 0.2) is 0 Å². The molecule has 1 radical (unpaired) electrons.